The highest BCUT2D eigenvalue weighted by Gasteiger charge is 2.29. The number of carbonyl (C=O) groups excluding carboxylic acids is 2. The van der Waals surface area contributed by atoms with Crippen LogP contribution < -0.4 is 16.0 Å². The number of aliphatic hydroxyl groups excluding tert-OH is 1. The van der Waals surface area contributed by atoms with E-state index in [0.717, 1.165) is 11.8 Å². The van der Waals surface area contributed by atoms with Gasteiger partial charge >= 0.3 is 0 Å². The lowest BCUT2D eigenvalue weighted by atomic mass is 10.0. The van der Waals surface area contributed by atoms with E-state index in [0.29, 0.717) is 53.7 Å². The number of benzene rings is 1. The Labute approximate surface area is 207 Å². The van der Waals surface area contributed by atoms with E-state index in [9.17, 15) is 20.1 Å². The van der Waals surface area contributed by atoms with E-state index < -0.39 is 23.7 Å². The lowest BCUT2D eigenvalue weighted by molar-refractivity contribution is -0.124. The molecule has 0 radical (unpaired) electrons. The predicted octanol–water partition coefficient (Wildman–Crippen LogP) is 1.02. The van der Waals surface area contributed by atoms with Crippen molar-refractivity contribution in [1.82, 2.24) is 10.3 Å². The zero-order chi connectivity index (χ0) is 25.4. The second-order valence-electron chi connectivity index (χ2n) is 7.76. The monoisotopic (exact) mass is 494 g/mol. The SMILES string of the molecule is CCc1c(C#N)c(SC(C(N)=O)c2ccccc2)nc(N2CCO[C@H](CNC(=O)CO)C2)c1C#N. The summed E-state index contributed by atoms with van der Waals surface area (Å²) in [6.45, 7) is 2.55. The number of nitriles is 2. The molecule has 2 atom stereocenters. The molecule has 1 aliphatic heterocycles. The van der Waals surface area contributed by atoms with Gasteiger partial charge in [0, 0.05) is 19.6 Å². The highest BCUT2D eigenvalue weighted by molar-refractivity contribution is 8.00. The Kier molecular flexibility index (Phi) is 9.04. The van der Waals surface area contributed by atoms with Gasteiger partial charge in [0.25, 0.3) is 0 Å². The number of nitrogens with one attached hydrogen (secondary N) is 1. The molecule has 2 aromatic rings. The molecule has 11 heteroatoms. The number of nitrogens with two attached hydrogens (primary N) is 1. The van der Waals surface area contributed by atoms with Gasteiger partial charge in [-0.1, -0.05) is 49.0 Å². The fraction of sp³-hybridized carbons (Fsp3) is 0.375. The normalized spacial score (nSPS) is 16.1. The van der Waals surface area contributed by atoms with Gasteiger partial charge in [0.15, 0.2) is 0 Å². The third kappa shape index (κ3) is 6.08. The van der Waals surface area contributed by atoms with Gasteiger partial charge in [-0.3, -0.25) is 9.59 Å². The van der Waals surface area contributed by atoms with Crippen molar-refractivity contribution in [3.8, 4) is 12.1 Å². The third-order valence-corrected chi connectivity index (χ3v) is 6.78. The molecule has 3 rings (SSSR count). The number of pyridine rings is 1. The van der Waals surface area contributed by atoms with E-state index in [1.54, 1.807) is 24.3 Å². The first-order valence-corrected chi connectivity index (χ1v) is 11.9. The molecule has 182 valence electrons. The Bertz CT molecular complexity index is 1160. The Morgan fingerprint density at radius 3 is 2.63 bits per heavy atom. The summed E-state index contributed by atoms with van der Waals surface area (Å²) in [6.07, 6.45) is 0.0361. The number of amides is 2. The first-order chi connectivity index (χ1) is 16.9. The van der Waals surface area contributed by atoms with Gasteiger partial charge in [-0.15, -0.1) is 0 Å². The molecule has 0 saturated carbocycles. The summed E-state index contributed by atoms with van der Waals surface area (Å²) in [5, 5.41) is 31.0. The number of carbonyl (C=O) groups is 2. The fourth-order valence-corrected chi connectivity index (χ4v) is 4.90. The number of ether oxygens (including phenoxy) is 1. The molecule has 0 spiro atoms. The largest absolute Gasteiger partial charge is 0.387 e. The summed E-state index contributed by atoms with van der Waals surface area (Å²) in [7, 11) is 0. The van der Waals surface area contributed by atoms with E-state index in [2.05, 4.69) is 17.5 Å². The highest BCUT2D eigenvalue weighted by atomic mass is 32.2. The van der Waals surface area contributed by atoms with E-state index in [-0.39, 0.29) is 18.2 Å². The summed E-state index contributed by atoms with van der Waals surface area (Å²) in [6, 6.07) is 13.4. The molecule has 1 saturated heterocycles. The molecule has 2 heterocycles. The maximum absolute atomic E-state index is 12.3. The van der Waals surface area contributed by atoms with Crippen molar-refractivity contribution in [2.24, 2.45) is 5.73 Å². The van der Waals surface area contributed by atoms with Crippen LogP contribution in [-0.2, 0) is 20.7 Å². The summed E-state index contributed by atoms with van der Waals surface area (Å²) in [4.78, 5) is 30.3. The quantitative estimate of drug-likeness (QED) is 0.431. The van der Waals surface area contributed by atoms with E-state index in [1.807, 2.05) is 17.9 Å². The Hall–Kier alpha value is -3.64. The van der Waals surface area contributed by atoms with Crippen LogP contribution in [0.15, 0.2) is 35.4 Å². The lowest BCUT2D eigenvalue weighted by Crippen LogP contribution is -2.48. The molecule has 1 unspecified atom stereocenters. The van der Waals surface area contributed by atoms with E-state index in [4.69, 9.17) is 20.6 Å². The zero-order valence-corrected chi connectivity index (χ0v) is 20.0. The number of aliphatic hydroxyl groups is 1. The average Bonchev–Trinajstić information content (AvgIpc) is 2.89. The van der Waals surface area contributed by atoms with Gasteiger partial charge in [0.05, 0.1) is 23.8 Å². The van der Waals surface area contributed by atoms with Gasteiger partial charge in [-0.25, -0.2) is 4.98 Å². The number of primary amides is 1. The smallest absolute Gasteiger partial charge is 0.245 e. The van der Waals surface area contributed by atoms with Crippen molar-refractivity contribution in [2.75, 3.05) is 37.7 Å². The molecule has 1 fully saturated rings. The summed E-state index contributed by atoms with van der Waals surface area (Å²) in [5.41, 5.74) is 7.48. The van der Waals surface area contributed by atoms with Crippen LogP contribution in [0.5, 0.6) is 0 Å². The van der Waals surface area contributed by atoms with Crippen LogP contribution >= 0.6 is 11.8 Å². The van der Waals surface area contributed by atoms with Crippen molar-refractivity contribution < 1.29 is 19.4 Å². The molecule has 1 aromatic carbocycles. The Morgan fingerprint density at radius 2 is 2.03 bits per heavy atom. The number of hydrogen-bond donors (Lipinski definition) is 3. The van der Waals surface area contributed by atoms with Crippen molar-refractivity contribution in [3.05, 3.63) is 52.6 Å². The van der Waals surface area contributed by atoms with Crippen molar-refractivity contribution in [1.29, 1.82) is 10.5 Å². The predicted molar refractivity (Wildman–Crippen MR) is 129 cm³/mol. The molecule has 10 nitrogen and oxygen atoms in total. The van der Waals surface area contributed by atoms with Crippen LogP contribution in [0.25, 0.3) is 0 Å². The number of hydrogen-bond acceptors (Lipinski definition) is 9. The standard InChI is InChI=1S/C24H26N6O4S/c1-2-17-18(10-25)23(30-8-9-34-16(13-30)12-28-20(32)14-31)29-24(19(17)11-26)35-21(22(27)33)15-6-4-3-5-7-15/h3-7,16,21,31H,2,8-9,12-14H2,1H3,(H2,27,33)(H,28,32)/t16-,21?/m1/s1. The number of aromatic nitrogens is 1. The molecular weight excluding hydrogens is 468 g/mol. The molecule has 2 amide bonds. The summed E-state index contributed by atoms with van der Waals surface area (Å²) in [5.74, 6) is -0.684. The van der Waals surface area contributed by atoms with Crippen LogP contribution in [-0.4, -0.2) is 60.9 Å². The maximum Gasteiger partial charge on any atom is 0.245 e. The Balaban J connectivity index is 2.02. The Morgan fingerprint density at radius 1 is 1.31 bits per heavy atom. The van der Waals surface area contributed by atoms with Gasteiger partial charge in [0.1, 0.15) is 34.8 Å². The van der Waals surface area contributed by atoms with Gasteiger partial charge in [-0.2, -0.15) is 10.5 Å². The van der Waals surface area contributed by atoms with E-state index >= 15 is 0 Å². The van der Waals surface area contributed by atoms with Crippen LogP contribution in [0.2, 0.25) is 0 Å². The van der Waals surface area contributed by atoms with Crippen molar-refractivity contribution in [3.63, 3.8) is 0 Å². The minimum Gasteiger partial charge on any atom is -0.387 e. The molecule has 1 aromatic heterocycles. The first-order valence-electron chi connectivity index (χ1n) is 11.1. The van der Waals surface area contributed by atoms with E-state index in [1.165, 1.54) is 0 Å². The van der Waals surface area contributed by atoms with Crippen molar-refractivity contribution >= 4 is 29.4 Å². The molecule has 4 N–H and O–H groups in total. The molecule has 1 aliphatic rings. The molecule has 0 bridgehead atoms. The number of thioether (sulfide) groups is 1. The number of rotatable bonds is 9. The third-order valence-electron chi connectivity index (χ3n) is 5.52. The molecule has 35 heavy (non-hydrogen) atoms. The van der Waals surface area contributed by atoms with Crippen LogP contribution in [0, 0.1) is 22.7 Å². The number of nitrogens with zero attached hydrogens (tertiary/aromatic N) is 4. The maximum atomic E-state index is 12.3. The summed E-state index contributed by atoms with van der Waals surface area (Å²) < 4.78 is 5.72. The van der Waals surface area contributed by atoms with Gasteiger partial charge < -0.3 is 25.8 Å². The van der Waals surface area contributed by atoms with Crippen LogP contribution in [0.1, 0.15) is 34.4 Å². The average molecular weight is 495 g/mol. The second-order valence-corrected chi connectivity index (χ2v) is 8.85. The fourth-order valence-electron chi connectivity index (χ4n) is 3.85. The highest BCUT2D eigenvalue weighted by Crippen LogP contribution is 2.39. The lowest BCUT2D eigenvalue weighted by Gasteiger charge is -2.35. The van der Waals surface area contributed by atoms with Crippen molar-refractivity contribution in [2.45, 2.75) is 29.7 Å². The van der Waals surface area contributed by atoms with Crippen LogP contribution in [0.3, 0.4) is 0 Å². The molecular formula is C24H26N6O4S. The second kappa shape index (κ2) is 12.2. The summed E-state index contributed by atoms with van der Waals surface area (Å²) >= 11 is 1.09. The molecule has 0 aliphatic carbocycles. The zero-order valence-electron chi connectivity index (χ0n) is 19.2. The minimum absolute atomic E-state index is 0.189. The van der Waals surface area contributed by atoms with Crippen LogP contribution in [0.4, 0.5) is 5.82 Å². The topological polar surface area (TPSA) is 165 Å². The first kappa shape index (κ1) is 26.0. The number of anilines is 1. The van der Waals surface area contributed by atoms with Gasteiger partial charge in [-0.05, 0) is 17.5 Å². The number of morpholine rings is 1. The minimum atomic E-state index is -0.771. The van der Waals surface area contributed by atoms with Gasteiger partial charge in [0.2, 0.25) is 11.8 Å².